The predicted octanol–water partition coefficient (Wildman–Crippen LogP) is 2.10. The van der Waals surface area contributed by atoms with Crippen molar-refractivity contribution in [3.05, 3.63) is 0 Å². The molecule has 1 saturated carbocycles. The van der Waals surface area contributed by atoms with Gasteiger partial charge in [0.25, 0.3) is 0 Å². The summed E-state index contributed by atoms with van der Waals surface area (Å²) in [6.07, 6.45) is 3.12. The Morgan fingerprint density at radius 2 is 1.94 bits per heavy atom. The highest BCUT2D eigenvalue weighted by Gasteiger charge is 2.32. The van der Waals surface area contributed by atoms with Crippen molar-refractivity contribution in [2.45, 2.75) is 51.6 Å². The molecule has 1 fully saturated rings. The Balaban J connectivity index is 2.00. The fourth-order valence-corrected chi connectivity index (χ4v) is 1.65. The van der Waals surface area contributed by atoms with Gasteiger partial charge in [0.1, 0.15) is 5.54 Å². The summed E-state index contributed by atoms with van der Waals surface area (Å²) in [4.78, 5) is 0. The van der Waals surface area contributed by atoms with E-state index in [2.05, 4.69) is 25.2 Å². The average molecular weight is 254 g/mol. The second-order valence-corrected chi connectivity index (χ2v) is 5.69. The molecule has 1 aliphatic rings. The van der Waals surface area contributed by atoms with E-state index >= 15 is 0 Å². The molecule has 104 valence electrons. The van der Waals surface area contributed by atoms with Crippen LogP contribution in [0.2, 0.25) is 0 Å². The Morgan fingerprint density at radius 1 is 1.28 bits per heavy atom. The van der Waals surface area contributed by atoms with Gasteiger partial charge in [-0.25, -0.2) is 0 Å². The molecule has 0 saturated heterocycles. The lowest BCUT2D eigenvalue weighted by molar-refractivity contribution is 0.0332. The molecule has 0 aliphatic heterocycles. The fraction of sp³-hybridized carbons (Fsp3) is 0.929. The first-order valence-corrected chi connectivity index (χ1v) is 6.90. The Kier molecular flexibility index (Phi) is 6.62. The maximum Gasteiger partial charge on any atom is 0.106 e. The van der Waals surface area contributed by atoms with Crippen LogP contribution in [0.3, 0.4) is 0 Å². The summed E-state index contributed by atoms with van der Waals surface area (Å²) in [5.41, 5.74) is -0.444. The first kappa shape index (κ1) is 15.4. The zero-order valence-corrected chi connectivity index (χ0v) is 11.9. The number of hydrogen-bond acceptors (Lipinski definition) is 4. The maximum absolute atomic E-state index is 9.17. The minimum absolute atomic E-state index is 0.444. The molecule has 1 N–H and O–H groups in total. The van der Waals surface area contributed by atoms with Crippen LogP contribution in [-0.2, 0) is 9.47 Å². The van der Waals surface area contributed by atoms with Crippen LogP contribution in [-0.4, -0.2) is 38.0 Å². The van der Waals surface area contributed by atoms with Gasteiger partial charge in [-0.05, 0) is 25.7 Å². The molecule has 1 atom stereocenters. The van der Waals surface area contributed by atoms with Crippen LogP contribution < -0.4 is 5.32 Å². The molecule has 0 spiro atoms. The predicted molar refractivity (Wildman–Crippen MR) is 71.3 cm³/mol. The molecule has 1 unspecified atom stereocenters. The molecule has 0 radical (unpaired) electrons. The summed E-state index contributed by atoms with van der Waals surface area (Å²) in [6, 6.07) is 2.89. The SMILES string of the molecule is CC(C)COCCOCCC(C)(C#N)NC1CC1. The first-order chi connectivity index (χ1) is 8.56. The number of nitriles is 1. The molecule has 0 aromatic rings. The van der Waals surface area contributed by atoms with Gasteiger partial charge in [0.2, 0.25) is 0 Å². The Bertz CT molecular complexity index is 271. The van der Waals surface area contributed by atoms with Crippen molar-refractivity contribution in [3.8, 4) is 6.07 Å². The number of nitrogens with one attached hydrogen (secondary N) is 1. The molecule has 4 heteroatoms. The van der Waals surface area contributed by atoms with Crippen molar-refractivity contribution < 1.29 is 9.47 Å². The molecule has 0 heterocycles. The Hall–Kier alpha value is -0.630. The van der Waals surface area contributed by atoms with E-state index in [4.69, 9.17) is 9.47 Å². The summed E-state index contributed by atoms with van der Waals surface area (Å²) < 4.78 is 10.9. The second kappa shape index (κ2) is 7.73. The maximum atomic E-state index is 9.17. The topological polar surface area (TPSA) is 54.3 Å². The van der Waals surface area contributed by atoms with Crippen molar-refractivity contribution >= 4 is 0 Å². The molecule has 4 nitrogen and oxygen atoms in total. The van der Waals surface area contributed by atoms with Gasteiger partial charge in [-0.2, -0.15) is 5.26 Å². The summed E-state index contributed by atoms with van der Waals surface area (Å²) in [5.74, 6) is 0.564. The zero-order valence-electron chi connectivity index (χ0n) is 11.9. The van der Waals surface area contributed by atoms with Crippen LogP contribution in [0.25, 0.3) is 0 Å². The first-order valence-electron chi connectivity index (χ1n) is 6.90. The van der Waals surface area contributed by atoms with Crippen molar-refractivity contribution in [1.82, 2.24) is 5.32 Å². The number of ether oxygens (including phenoxy) is 2. The van der Waals surface area contributed by atoms with Crippen LogP contribution in [0.4, 0.5) is 0 Å². The van der Waals surface area contributed by atoms with Crippen LogP contribution in [0.5, 0.6) is 0 Å². The smallest absolute Gasteiger partial charge is 0.106 e. The third-order valence-corrected chi connectivity index (χ3v) is 2.92. The van der Waals surface area contributed by atoms with Crippen molar-refractivity contribution in [1.29, 1.82) is 5.26 Å². The molecule has 1 aliphatic carbocycles. The molecular formula is C14H26N2O2. The third-order valence-electron chi connectivity index (χ3n) is 2.92. The van der Waals surface area contributed by atoms with E-state index in [1.54, 1.807) is 0 Å². The summed E-state index contributed by atoms with van der Waals surface area (Å²) in [5, 5.41) is 12.5. The van der Waals surface area contributed by atoms with Gasteiger partial charge in [-0.15, -0.1) is 0 Å². The van der Waals surface area contributed by atoms with E-state index in [-0.39, 0.29) is 0 Å². The van der Waals surface area contributed by atoms with Gasteiger partial charge in [0, 0.05) is 25.7 Å². The van der Waals surface area contributed by atoms with E-state index < -0.39 is 5.54 Å². The molecular weight excluding hydrogens is 228 g/mol. The summed E-state index contributed by atoms with van der Waals surface area (Å²) >= 11 is 0. The Morgan fingerprint density at radius 3 is 2.50 bits per heavy atom. The largest absolute Gasteiger partial charge is 0.379 e. The summed E-state index contributed by atoms with van der Waals surface area (Å²) in [7, 11) is 0. The third kappa shape index (κ3) is 6.95. The highest BCUT2D eigenvalue weighted by atomic mass is 16.5. The monoisotopic (exact) mass is 254 g/mol. The standard InChI is InChI=1S/C14H26N2O2/c1-12(2)10-18-9-8-17-7-6-14(3,11-15)16-13-4-5-13/h12-13,16H,4-10H2,1-3H3. The molecule has 18 heavy (non-hydrogen) atoms. The molecule has 0 aromatic carbocycles. The van der Waals surface area contributed by atoms with Crippen molar-refractivity contribution in [2.75, 3.05) is 26.4 Å². The van der Waals surface area contributed by atoms with Gasteiger partial charge in [-0.3, -0.25) is 5.32 Å². The number of nitrogens with zero attached hydrogens (tertiary/aromatic N) is 1. The Labute approximate surface area is 111 Å². The van der Waals surface area contributed by atoms with E-state index in [0.717, 1.165) is 13.0 Å². The van der Waals surface area contributed by atoms with Crippen LogP contribution in [0.15, 0.2) is 0 Å². The van der Waals surface area contributed by atoms with Crippen LogP contribution in [0, 0.1) is 17.2 Å². The molecule has 0 bridgehead atoms. The lowest BCUT2D eigenvalue weighted by Gasteiger charge is -2.23. The lowest BCUT2D eigenvalue weighted by atomic mass is 10.0. The van der Waals surface area contributed by atoms with E-state index in [9.17, 15) is 5.26 Å². The average Bonchev–Trinajstić information content (AvgIpc) is 3.11. The second-order valence-electron chi connectivity index (χ2n) is 5.69. The van der Waals surface area contributed by atoms with E-state index in [1.807, 2.05) is 6.92 Å². The van der Waals surface area contributed by atoms with Crippen molar-refractivity contribution in [3.63, 3.8) is 0 Å². The van der Waals surface area contributed by atoms with E-state index in [0.29, 0.717) is 31.8 Å². The minimum Gasteiger partial charge on any atom is -0.379 e. The van der Waals surface area contributed by atoms with Gasteiger partial charge in [0.15, 0.2) is 0 Å². The normalized spacial score (nSPS) is 18.6. The van der Waals surface area contributed by atoms with Crippen LogP contribution in [0.1, 0.15) is 40.0 Å². The van der Waals surface area contributed by atoms with Gasteiger partial charge < -0.3 is 9.47 Å². The van der Waals surface area contributed by atoms with Gasteiger partial charge in [0.05, 0.1) is 19.3 Å². The number of rotatable bonds is 10. The van der Waals surface area contributed by atoms with Gasteiger partial charge >= 0.3 is 0 Å². The molecule has 0 aromatic heterocycles. The van der Waals surface area contributed by atoms with Crippen LogP contribution >= 0.6 is 0 Å². The zero-order chi connectivity index (χ0) is 13.4. The lowest BCUT2D eigenvalue weighted by Crippen LogP contribution is -2.43. The van der Waals surface area contributed by atoms with Crippen molar-refractivity contribution in [2.24, 2.45) is 5.92 Å². The highest BCUT2D eigenvalue weighted by Crippen LogP contribution is 2.23. The number of hydrogen-bond donors (Lipinski definition) is 1. The summed E-state index contributed by atoms with van der Waals surface area (Å²) in [6.45, 7) is 8.84. The van der Waals surface area contributed by atoms with E-state index in [1.165, 1.54) is 12.8 Å². The minimum atomic E-state index is -0.444. The molecule has 1 rings (SSSR count). The quantitative estimate of drug-likeness (QED) is 0.607. The van der Waals surface area contributed by atoms with Gasteiger partial charge in [-0.1, -0.05) is 13.8 Å². The highest BCUT2D eigenvalue weighted by molar-refractivity contribution is 5.06. The fourth-order valence-electron chi connectivity index (χ4n) is 1.65. The molecule has 0 amide bonds.